The van der Waals surface area contributed by atoms with Crippen molar-refractivity contribution < 1.29 is 9.59 Å². The maximum absolute atomic E-state index is 9.67. The summed E-state index contributed by atoms with van der Waals surface area (Å²) in [5.74, 6) is 1.46. The minimum Gasteiger partial charge on any atom is -0.320 e. The molecule has 0 unspecified atom stereocenters. The van der Waals surface area contributed by atoms with Gasteiger partial charge in [0, 0.05) is 0 Å². The molecule has 0 saturated heterocycles. The monoisotopic (exact) mass is 111 g/mol. The number of allylic oxidation sites excluding steroid dienone is 1. The van der Waals surface area contributed by atoms with E-state index >= 15 is 0 Å². The smallest absolute Gasteiger partial charge is 0.212 e. The van der Waals surface area contributed by atoms with Gasteiger partial charge in [-0.3, -0.25) is 4.79 Å². The minimum absolute atomic E-state index is 0.0556. The Morgan fingerprint density at radius 3 is 2.50 bits per heavy atom. The number of rotatable bonds is 3. The highest BCUT2D eigenvalue weighted by molar-refractivity contribution is 5.63. The Bertz CT molecular complexity index is 145. The van der Waals surface area contributed by atoms with Gasteiger partial charge in [-0.05, 0) is 6.08 Å². The Labute approximate surface area is 46.7 Å². The van der Waals surface area contributed by atoms with Gasteiger partial charge in [0.1, 0.15) is 5.70 Å². The Hall–Kier alpha value is -1.34. The highest BCUT2D eigenvalue weighted by atomic mass is 16.1. The van der Waals surface area contributed by atoms with Crippen LogP contribution < -0.4 is 5.32 Å². The molecule has 8 heavy (non-hydrogen) atoms. The molecule has 0 spiro atoms. The van der Waals surface area contributed by atoms with E-state index in [1.165, 1.54) is 12.0 Å². The zero-order valence-electron chi connectivity index (χ0n) is 4.18. The van der Waals surface area contributed by atoms with Crippen molar-refractivity contribution in [3.8, 4) is 0 Å². The third kappa shape index (κ3) is 1.95. The molecule has 0 aliphatic heterocycles. The normalized spacial score (nSPS) is 6.50. The van der Waals surface area contributed by atoms with Gasteiger partial charge in [-0.1, -0.05) is 6.58 Å². The summed E-state index contributed by atoms with van der Waals surface area (Å²) in [5.41, 5.74) is 0.0556. The van der Waals surface area contributed by atoms with Gasteiger partial charge in [-0.25, -0.2) is 4.79 Å². The Kier molecular flexibility index (Phi) is 3.19. The molecule has 0 saturated carbocycles. The zero-order valence-corrected chi connectivity index (χ0v) is 4.18. The average molecular weight is 111 g/mol. The molecule has 0 radical (unpaired) electrons. The van der Waals surface area contributed by atoms with Crippen LogP contribution in [0.4, 0.5) is 0 Å². The standard InChI is InChI=1S/C5H5NO2/c1-2-5(3-7)6-4-8/h2,4H,1H2,(H,6,8). The topological polar surface area (TPSA) is 46.2 Å². The Balaban J connectivity index is 3.91. The maximum Gasteiger partial charge on any atom is 0.212 e. The van der Waals surface area contributed by atoms with E-state index in [-0.39, 0.29) is 5.70 Å². The van der Waals surface area contributed by atoms with Gasteiger partial charge >= 0.3 is 0 Å². The van der Waals surface area contributed by atoms with Gasteiger partial charge in [0.15, 0.2) is 5.94 Å². The number of amides is 1. The Morgan fingerprint density at radius 1 is 1.75 bits per heavy atom. The lowest BCUT2D eigenvalue weighted by Gasteiger charge is -1.85. The summed E-state index contributed by atoms with van der Waals surface area (Å²) in [4.78, 5) is 19.2. The quantitative estimate of drug-likeness (QED) is 0.307. The molecule has 0 aromatic carbocycles. The average Bonchev–Trinajstić information content (AvgIpc) is 1.83. The van der Waals surface area contributed by atoms with Crippen LogP contribution in [-0.4, -0.2) is 12.4 Å². The van der Waals surface area contributed by atoms with Crippen molar-refractivity contribution >= 4 is 12.4 Å². The fourth-order valence-corrected chi connectivity index (χ4v) is 0.194. The molecule has 0 atom stereocenters. The first-order valence-corrected chi connectivity index (χ1v) is 1.93. The molecule has 0 aliphatic carbocycles. The first-order valence-electron chi connectivity index (χ1n) is 1.93. The SMILES string of the molecule is C=CC(=C=O)NC=O. The third-order valence-electron chi connectivity index (χ3n) is 0.529. The molecule has 0 rings (SSSR count). The van der Waals surface area contributed by atoms with E-state index in [4.69, 9.17) is 0 Å². The lowest BCUT2D eigenvalue weighted by Crippen LogP contribution is -2.07. The number of hydrogen-bond acceptors (Lipinski definition) is 2. The lowest BCUT2D eigenvalue weighted by molar-refractivity contribution is -0.108. The summed E-state index contributed by atoms with van der Waals surface area (Å²) in [6.45, 7) is 3.23. The zero-order chi connectivity index (χ0) is 6.41. The molecule has 3 nitrogen and oxygen atoms in total. The minimum atomic E-state index is 0.0556. The molecule has 42 valence electrons. The first kappa shape index (κ1) is 6.66. The van der Waals surface area contributed by atoms with E-state index < -0.39 is 0 Å². The number of hydrogen-bond donors (Lipinski definition) is 1. The van der Waals surface area contributed by atoms with Crippen LogP contribution in [-0.2, 0) is 9.59 Å². The molecule has 0 aromatic rings. The Morgan fingerprint density at radius 2 is 2.38 bits per heavy atom. The van der Waals surface area contributed by atoms with E-state index in [2.05, 4.69) is 11.9 Å². The molecule has 0 fully saturated rings. The molecular weight excluding hydrogens is 106 g/mol. The van der Waals surface area contributed by atoms with E-state index in [0.29, 0.717) is 6.41 Å². The first-order chi connectivity index (χ1) is 3.85. The molecule has 3 heteroatoms. The van der Waals surface area contributed by atoms with Crippen molar-refractivity contribution in [2.24, 2.45) is 0 Å². The van der Waals surface area contributed by atoms with Crippen LogP contribution in [0.25, 0.3) is 0 Å². The van der Waals surface area contributed by atoms with Crippen molar-refractivity contribution in [1.82, 2.24) is 5.32 Å². The van der Waals surface area contributed by atoms with E-state index in [0.717, 1.165) is 0 Å². The van der Waals surface area contributed by atoms with Crippen LogP contribution in [0.1, 0.15) is 0 Å². The fourth-order valence-electron chi connectivity index (χ4n) is 0.194. The fraction of sp³-hybridized carbons (Fsp3) is 0. The van der Waals surface area contributed by atoms with Gasteiger partial charge in [-0.2, -0.15) is 0 Å². The molecule has 1 N–H and O–H groups in total. The largest absolute Gasteiger partial charge is 0.320 e. The molecule has 1 amide bonds. The van der Waals surface area contributed by atoms with Crippen LogP contribution in [0.15, 0.2) is 18.4 Å². The van der Waals surface area contributed by atoms with Crippen LogP contribution in [0, 0.1) is 0 Å². The highest BCUT2D eigenvalue weighted by Crippen LogP contribution is 1.75. The second-order valence-electron chi connectivity index (χ2n) is 0.982. The molecule has 0 aromatic heterocycles. The number of carbonyl (C=O) groups is 1. The van der Waals surface area contributed by atoms with Crippen molar-refractivity contribution in [3.63, 3.8) is 0 Å². The molecule has 0 heterocycles. The van der Waals surface area contributed by atoms with Crippen LogP contribution in [0.5, 0.6) is 0 Å². The highest BCUT2D eigenvalue weighted by Gasteiger charge is 1.82. The summed E-state index contributed by atoms with van der Waals surface area (Å²) in [6, 6.07) is 0. The van der Waals surface area contributed by atoms with Gasteiger partial charge in [0.25, 0.3) is 0 Å². The summed E-state index contributed by atoms with van der Waals surface area (Å²) >= 11 is 0. The number of nitrogens with one attached hydrogen (secondary N) is 1. The maximum atomic E-state index is 9.67. The predicted molar refractivity (Wildman–Crippen MR) is 28.6 cm³/mol. The summed E-state index contributed by atoms with van der Waals surface area (Å²) in [7, 11) is 0. The summed E-state index contributed by atoms with van der Waals surface area (Å²) < 4.78 is 0. The predicted octanol–water partition coefficient (Wildman–Crippen LogP) is -0.366. The van der Waals surface area contributed by atoms with Crippen molar-refractivity contribution in [3.05, 3.63) is 18.4 Å². The molecule has 0 bridgehead atoms. The molecule has 0 aliphatic rings. The van der Waals surface area contributed by atoms with E-state index in [1.807, 2.05) is 0 Å². The second-order valence-corrected chi connectivity index (χ2v) is 0.982. The van der Waals surface area contributed by atoms with Gasteiger partial charge in [0.2, 0.25) is 6.41 Å². The second kappa shape index (κ2) is 3.84. The van der Waals surface area contributed by atoms with E-state index in [1.54, 1.807) is 0 Å². The summed E-state index contributed by atoms with van der Waals surface area (Å²) in [5, 5.41) is 2.08. The van der Waals surface area contributed by atoms with Crippen molar-refractivity contribution in [1.29, 1.82) is 0 Å². The lowest BCUT2D eigenvalue weighted by atomic mass is 10.5. The molecular formula is C5H5NO2. The number of carbonyl (C=O) groups excluding carboxylic acids is 2. The van der Waals surface area contributed by atoms with Crippen molar-refractivity contribution in [2.75, 3.05) is 0 Å². The van der Waals surface area contributed by atoms with Crippen LogP contribution in [0.2, 0.25) is 0 Å². The van der Waals surface area contributed by atoms with Gasteiger partial charge in [0.05, 0.1) is 0 Å². The van der Waals surface area contributed by atoms with Gasteiger partial charge in [-0.15, -0.1) is 0 Å². The van der Waals surface area contributed by atoms with Crippen LogP contribution in [0.3, 0.4) is 0 Å². The van der Waals surface area contributed by atoms with Gasteiger partial charge < -0.3 is 5.32 Å². The third-order valence-corrected chi connectivity index (χ3v) is 0.529. The van der Waals surface area contributed by atoms with E-state index in [9.17, 15) is 9.59 Å². The van der Waals surface area contributed by atoms with Crippen LogP contribution >= 0.6 is 0 Å². The van der Waals surface area contributed by atoms with Crippen molar-refractivity contribution in [2.45, 2.75) is 0 Å². The summed E-state index contributed by atoms with van der Waals surface area (Å²) in [6.07, 6.45) is 1.60.